The summed E-state index contributed by atoms with van der Waals surface area (Å²) in [4.78, 5) is 27.8. The van der Waals surface area contributed by atoms with E-state index in [0.29, 0.717) is 18.1 Å². The third kappa shape index (κ3) is 5.21. The number of hydrogen-bond acceptors (Lipinski definition) is 4. The zero-order valence-corrected chi connectivity index (χ0v) is 19.3. The third-order valence-corrected chi connectivity index (χ3v) is 6.96. The monoisotopic (exact) mass is 434 g/mol. The van der Waals surface area contributed by atoms with Gasteiger partial charge in [-0.2, -0.15) is 0 Å². The molecule has 1 amide bonds. The number of esters is 1. The highest BCUT2D eigenvalue weighted by Gasteiger charge is 2.23. The summed E-state index contributed by atoms with van der Waals surface area (Å²) in [5.41, 5.74) is 7.12. The van der Waals surface area contributed by atoms with Gasteiger partial charge in [0.2, 0.25) is 6.41 Å². The van der Waals surface area contributed by atoms with E-state index < -0.39 is 0 Å². The summed E-state index contributed by atoms with van der Waals surface area (Å²) in [5, 5.41) is 0. The smallest absolute Gasteiger partial charge is 0.338 e. The van der Waals surface area contributed by atoms with Crippen molar-refractivity contribution in [2.24, 2.45) is 0 Å². The molecule has 2 aromatic carbocycles. The molecule has 0 saturated carbocycles. The summed E-state index contributed by atoms with van der Waals surface area (Å²) >= 11 is 0. The first kappa shape index (κ1) is 22.5. The van der Waals surface area contributed by atoms with Crippen molar-refractivity contribution in [3.8, 4) is 0 Å². The van der Waals surface area contributed by atoms with E-state index in [1.54, 1.807) is 0 Å². The second kappa shape index (κ2) is 10.3. The van der Waals surface area contributed by atoms with Gasteiger partial charge in [-0.25, -0.2) is 4.79 Å². The molecule has 0 aromatic heterocycles. The Morgan fingerprint density at radius 2 is 1.97 bits per heavy atom. The summed E-state index contributed by atoms with van der Waals surface area (Å²) in [6.07, 6.45) is 5.45. The Hall–Kier alpha value is -2.66. The second-order valence-corrected chi connectivity index (χ2v) is 9.14. The number of amides is 1. The first-order chi connectivity index (χ1) is 15.6. The predicted octanol–water partition coefficient (Wildman–Crippen LogP) is 4.11. The lowest BCUT2D eigenvalue weighted by Crippen LogP contribution is -2.37. The highest BCUT2D eigenvalue weighted by molar-refractivity contribution is 5.93. The van der Waals surface area contributed by atoms with E-state index in [1.807, 2.05) is 17.0 Å². The van der Waals surface area contributed by atoms with Crippen LogP contribution < -0.4 is 0 Å². The molecule has 1 heterocycles. The number of benzene rings is 2. The zero-order chi connectivity index (χ0) is 22.5. The summed E-state index contributed by atoms with van der Waals surface area (Å²) in [6, 6.07) is 12.8. The molecule has 2 aliphatic rings. The lowest BCUT2D eigenvalue weighted by atomic mass is 9.82. The van der Waals surface area contributed by atoms with Gasteiger partial charge in [-0.15, -0.1) is 0 Å². The molecule has 170 valence electrons. The van der Waals surface area contributed by atoms with Crippen molar-refractivity contribution in [2.45, 2.75) is 52.1 Å². The summed E-state index contributed by atoms with van der Waals surface area (Å²) in [5.74, 6) is 0.224. The van der Waals surface area contributed by atoms with Gasteiger partial charge in [-0.1, -0.05) is 42.8 Å². The molecule has 1 aliphatic heterocycles. The molecule has 1 aliphatic carbocycles. The average Bonchev–Trinajstić information content (AvgIpc) is 3.18. The molecule has 32 heavy (non-hydrogen) atoms. The molecule has 5 nitrogen and oxygen atoms in total. The van der Waals surface area contributed by atoms with E-state index in [2.05, 4.69) is 43.0 Å². The number of ether oxygens (including phenoxy) is 1. The van der Waals surface area contributed by atoms with Gasteiger partial charge in [0, 0.05) is 37.7 Å². The maximum Gasteiger partial charge on any atom is 0.338 e. The fraction of sp³-hybridized carbons (Fsp3) is 0.481. The Morgan fingerprint density at radius 3 is 2.78 bits per heavy atom. The van der Waals surface area contributed by atoms with Crippen LogP contribution in [0.2, 0.25) is 0 Å². The molecule has 0 bridgehead atoms. The molecule has 0 saturated heterocycles. The number of likely N-dealkylation sites (N-methyl/N-ethyl adjacent to an activating group) is 1. The van der Waals surface area contributed by atoms with Crippen LogP contribution in [0.5, 0.6) is 0 Å². The molecule has 0 spiro atoms. The van der Waals surface area contributed by atoms with Crippen molar-refractivity contribution in [1.29, 1.82) is 0 Å². The van der Waals surface area contributed by atoms with Gasteiger partial charge in [0.15, 0.2) is 0 Å². The van der Waals surface area contributed by atoms with Crippen LogP contribution in [-0.4, -0.2) is 54.9 Å². The van der Waals surface area contributed by atoms with E-state index in [9.17, 15) is 9.59 Å². The van der Waals surface area contributed by atoms with Crippen LogP contribution in [0, 0.1) is 6.92 Å². The lowest BCUT2D eigenvalue weighted by Gasteiger charge is -2.31. The van der Waals surface area contributed by atoms with E-state index >= 15 is 0 Å². The number of rotatable bonds is 10. The van der Waals surface area contributed by atoms with Gasteiger partial charge in [0.25, 0.3) is 0 Å². The van der Waals surface area contributed by atoms with Crippen molar-refractivity contribution in [3.05, 3.63) is 69.8 Å². The minimum Gasteiger partial charge on any atom is -0.457 e. The van der Waals surface area contributed by atoms with Crippen LogP contribution in [0.15, 0.2) is 36.4 Å². The Morgan fingerprint density at radius 1 is 1.09 bits per heavy atom. The quantitative estimate of drug-likeness (QED) is 0.417. The van der Waals surface area contributed by atoms with Gasteiger partial charge in [0.05, 0.1) is 5.56 Å². The summed E-state index contributed by atoms with van der Waals surface area (Å²) in [6.45, 7) is 9.01. The number of nitrogens with zero attached hydrogens (tertiary/aromatic N) is 2. The highest BCUT2D eigenvalue weighted by atomic mass is 16.5. The fourth-order valence-corrected chi connectivity index (χ4v) is 5.03. The van der Waals surface area contributed by atoms with E-state index in [-0.39, 0.29) is 5.97 Å². The largest absolute Gasteiger partial charge is 0.457 e. The number of carbonyl (C=O) groups is 2. The minimum absolute atomic E-state index is 0.216. The molecule has 1 unspecified atom stereocenters. The number of fused-ring (bicyclic) bond motifs is 2. The molecule has 0 radical (unpaired) electrons. The Balaban J connectivity index is 1.29. The summed E-state index contributed by atoms with van der Waals surface area (Å²) in [7, 11) is 0. The molecule has 0 N–H and O–H groups in total. The fourth-order valence-electron chi connectivity index (χ4n) is 5.03. The maximum atomic E-state index is 11.8. The Kier molecular flexibility index (Phi) is 7.26. The normalized spacial score (nSPS) is 17.1. The van der Waals surface area contributed by atoms with Crippen LogP contribution in [0.1, 0.15) is 63.9 Å². The summed E-state index contributed by atoms with van der Waals surface area (Å²) < 4.78 is 5.10. The zero-order valence-electron chi connectivity index (χ0n) is 19.3. The molecule has 4 rings (SSSR count). The standard InChI is InChI=1S/C27H34N2O3/c1-3-28(12-11-21-8-10-26-24(16-21)18-32-27(26)31)13-14-29(19-30)17-23-6-4-5-22-15-20(2)7-9-25(22)23/h7-10,15-16,19,23H,3-6,11-14,17-18H2,1-2H3. The van der Waals surface area contributed by atoms with Gasteiger partial charge in [-0.3, -0.25) is 4.79 Å². The number of aryl methyl sites for hydroxylation is 2. The second-order valence-electron chi connectivity index (χ2n) is 9.14. The van der Waals surface area contributed by atoms with Gasteiger partial charge >= 0.3 is 5.97 Å². The van der Waals surface area contributed by atoms with Gasteiger partial charge < -0.3 is 14.5 Å². The average molecular weight is 435 g/mol. The van der Waals surface area contributed by atoms with Crippen LogP contribution >= 0.6 is 0 Å². The van der Waals surface area contributed by atoms with E-state index in [4.69, 9.17) is 4.74 Å². The minimum atomic E-state index is -0.216. The van der Waals surface area contributed by atoms with Crippen molar-refractivity contribution < 1.29 is 14.3 Å². The van der Waals surface area contributed by atoms with Crippen molar-refractivity contribution in [2.75, 3.05) is 32.7 Å². The van der Waals surface area contributed by atoms with Crippen molar-refractivity contribution >= 4 is 12.4 Å². The van der Waals surface area contributed by atoms with Crippen molar-refractivity contribution in [3.63, 3.8) is 0 Å². The SMILES string of the molecule is CCN(CCc1ccc2c(c1)COC2=O)CCN(C=O)CC1CCCc2cc(C)ccc21. The van der Waals surface area contributed by atoms with Gasteiger partial charge in [-0.05, 0) is 61.9 Å². The lowest BCUT2D eigenvalue weighted by molar-refractivity contribution is -0.118. The molecular weight excluding hydrogens is 400 g/mol. The highest BCUT2D eigenvalue weighted by Crippen LogP contribution is 2.32. The van der Waals surface area contributed by atoms with E-state index in [1.165, 1.54) is 28.7 Å². The third-order valence-electron chi connectivity index (χ3n) is 6.96. The first-order valence-electron chi connectivity index (χ1n) is 11.9. The predicted molar refractivity (Wildman–Crippen MR) is 126 cm³/mol. The van der Waals surface area contributed by atoms with Crippen LogP contribution in [0.4, 0.5) is 0 Å². The van der Waals surface area contributed by atoms with Crippen LogP contribution in [0.3, 0.4) is 0 Å². The molecule has 5 heteroatoms. The Labute approximate surface area is 191 Å². The van der Waals surface area contributed by atoms with Gasteiger partial charge in [0.1, 0.15) is 6.61 Å². The first-order valence-corrected chi connectivity index (χ1v) is 11.9. The molecule has 0 fully saturated rings. The van der Waals surface area contributed by atoms with Crippen LogP contribution in [-0.2, 0) is 29.0 Å². The van der Waals surface area contributed by atoms with E-state index in [0.717, 1.165) is 64.0 Å². The Bertz CT molecular complexity index is 971. The number of cyclic esters (lactones) is 1. The number of carbonyl (C=O) groups excluding carboxylic acids is 2. The maximum absolute atomic E-state index is 11.8. The topological polar surface area (TPSA) is 49.9 Å². The van der Waals surface area contributed by atoms with Crippen molar-refractivity contribution in [1.82, 2.24) is 9.80 Å². The molecule has 1 atom stereocenters. The molecule has 2 aromatic rings. The number of hydrogen-bond donors (Lipinski definition) is 0. The van der Waals surface area contributed by atoms with Crippen LogP contribution in [0.25, 0.3) is 0 Å². The molecular formula is C27H34N2O3.